The van der Waals surface area contributed by atoms with Gasteiger partial charge in [0.25, 0.3) is 0 Å². The Morgan fingerprint density at radius 3 is 0.744 bits per heavy atom. The molecule has 2 aromatic carbocycles. The predicted octanol–water partition coefficient (Wildman–Crippen LogP) is 0.247. The van der Waals surface area contributed by atoms with E-state index in [0.29, 0.717) is 24.0 Å². The molecule has 2 aromatic rings. The highest BCUT2D eigenvalue weighted by atomic mass is 79.9. The number of carbonyl (C=O) groups excluding carboxylic acids is 10. The fourth-order valence-electron chi connectivity index (χ4n) is 10.8. The number of rotatable bonds is 22. The molecule has 3 heterocycles. The maximum absolute atomic E-state index is 14.9. The molecule has 0 aromatic heterocycles. The minimum atomic E-state index is -1.27. The molecule has 26 nitrogen and oxygen atoms in total. The van der Waals surface area contributed by atoms with Crippen LogP contribution in [0.25, 0.3) is 0 Å². The summed E-state index contributed by atoms with van der Waals surface area (Å²) in [4.78, 5) is 148. The van der Waals surface area contributed by atoms with E-state index in [0.717, 1.165) is 0 Å². The molecular weight excluding hydrogens is 1560 g/mol. The van der Waals surface area contributed by atoms with Crippen LogP contribution in [0.2, 0.25) is 0 Å². The van der Waals surface area contributed by atoms with Crippen LogP contribution >= 0.6 is 102 Å². The zero-order chi connectivity index (χ0) is 61.0. The second-order valence-electron chi connectivity index (χ2n) is 21.8. The van der Waals surface area contributed by atoms with Gasteiger partial charge in [-0.25, -0.2) is 0 Å². The van der Waals surface area contributed by atoms with Gasteiger partial charge in [0.05, 0.1) is 0 Å². The Kier molecular flexibility index (Phi) is 46.5. The summed E-state index contributed by atoms with van der Waals surface area (Å²) >= 11 is 0. The Hall–Kier alpha value is -4.22. The highest BCUT2D eigenvalue weighted by molar-refractivity contribution is 8.93. The molecule has 0 saturated carbocycles. The van der Waals surface area contributed by atoms with Crippen molar-refractivity contribution < 1.29 is 47.9 Å². The van der Waals surface area contributed by atoms with Gasteiger partial charge in [0.15, 0.2) is 0 Å². The minimum Gasteiger partial charge on any atom is -0.343 e. The summed E-state index contributed by atoms with van der Waals surface area (Å²) in [5, 5.41) is 22.4. The normalized spacial score (nSPS) is 24.2. The topological polar surface area (TPSA) is 430 Å². The highest BCUT2D eigenvalue weighted by Gasteiger charge is 2.43. The Bertz CT molecular complexity index is 2340. The van der Waals surface area contributed by atoms with Gasteiger partial charge in [-0.2, -0.15) is 0 Å². The second-order valence-corrected chi connectivity index (χ2v) is 21.8. The Labute approximate surface area is 591 Å². The average molecular weight is 1660 g/mol. The molecule has 3 aliphatic rings. The number of halogens is 6. The molecule has 0 aliphatic carbocycles. The summed E-state index contributed by atoms with van der Waals surface area (Å²) in [5.74, 6) is -6.95. The third kappa shape index (κ3) is 27.8. The van der Waals surface area contributed by atoms with E-state index in [2.05, 4.69) is 42.5 Å². The zero-order valence-electron chi connectivity index (χ0n) is 50.8. The number of fused-ring (bicyclic) bond motifs is 2. The van der Waals surface area contributed by atoms with Crippen molar-refractivity contribution in [3.63, 3.8) is 0 Å². The van der Waals surface area contributed by atoms with Gasteiger partial charge in [-0.15, -0.1) is 102 Å². The van der Waals surface area contributed by atoms with Gasteiger partial charge in [0.1, 0.15) is 60.4 Å². The van der Waals surface area contributed by atoms with E-state index in [1.807, 2.05) is 0 Å². The summed E-state index contributed by atoms with van der Waals surface area (Å²) < 4.78 is 0. The van der Waals surface area contributed by atoms with Crippen LogP contribution in [-0.2, 0) is 60.8 Å². The summed E-state index contributed by atoms with van der Waals surface area (Å²) in [6, 6.07) is 5.51. The largest absolute Gasteiger partial charge is 0.343 e. The molecule has 10 atom stereocenters. The van der Waals surface area contributed by atoms with Crippen LogP contribution in [0.4, 0.5) is 0 Å². The molecule has 32 heteroatoms. The lowest BCUT2D eigenvalue weighted by Gasteiger charge is -2.32. The van der Waals surface area contributed by atoms with Crippen LogP contribution in [0.15, 0.2) is 60.7 Å². The molecule has 3 saturated heterocycles. The summed E-state index contributed by atoms with van der Waals surface area (Å²) in [7, 11) is 0. The summed E-state index contributed by atoms with van der Waals surface area (Å²) in [5.41, 5.74) is 36.9. The number of hydrogen-bond acceptors (Lipinski definition) is 16. The summed E-state index contributed by atoms with van der Waals surface area (Å²) in [6.07, 6.45) is 3.05. The number of nitrogens with one attached hydrogen (secondary N) is 8. The van der Waals surface area contributed by atoms with E-state index in [-0.39, 0.29) is 257 Å². The molecule has 3 fully saturated rings. The first kappa shape index (κ1) is 87.8. The van der Waals surface area contributed by atoms with Gasteiger partial charge < -0.3 is 86.7 Å². The second kappa shape index (κ2) is 47.6. The van der Waals surface area contributed by atoms with Crippen molar-refractivity contribution in [2.45, 2.75) is 176 Å². The van der Waals surface area contributed by atoms with Crippen LogP contribution in [0.5, 0.6) is 0 Å². The number of benzene rings is 2. The van der Waals surface area contributed by atoms with Crippen molar-refractivity contribution in [3.8, 4) is 0 Å². The fraction of sp³-hybridized carbons (Fsp3) is 0.621. The maximum Gasteiger partial charge on any atom is 0.246 e. The monoisotopic (exact) mass is 1650 g/mol. The van der Waals surface area contributed by atoms with Crippen LogP contribution in [-0.4, -0.2) is 182 Å². The minimum absolute atomic E-state index is 0. The van der Waals surface area contributed by atoms with Crippen LogP contribution in [0.3, 0.4) is 0 Å². The highest BCUT2D eigenvalue weighted by Crippen LogP contribution is 2.23. The first-order valence-corrected chi connectivity index (χ1v) is 29.9. The number of amides is 10. The van der Waals surface area contributed by atoms with Gasteiger partial charge in [-0.3, -0.25) is 47.9 Å². The molecule has 0 radical (unpaired) electrons. The van der Waals surface area contributed by atoms with E-state index in [4.69, 9.17) is 34.4 Å². The van der Waals surface area contributed by atoms with Gasteiger partial charge >= 0.3 is 0 Å². The first-order valence-electron chi connectivity index (χ1n) is 29.9. The Morgan fingerprint density at radius 1 is 0.311 bits per heavy atom. The molecule has 0 spiro atoms. The van der Waals surface area contributed by atoms with E-state index >= 15 is 0 Å². The zero-order valence-corrected chi connectivity index (χ0v) is 61.1. The van der Waals surface area contributed by atoms with Crippen molar-refractivity contribution in [3.05, 3.63) is 71.8 Å². The molecule has 10 amide bonds. The number of nitrogens with zero attached hydrogens (tertiary/aromatic N) is 2. The van der Waals surface area contributed by atoms with E-state index in [1.54, 1.807) is 60.7 Å². The average Bonchev–Trinajstić information content (AvgIpc) is 1.67. The maximum atomic E-state index is 14.9. The van der Waals surface area contributed by atoms with Crippen molar-refractivity contribution in [2.24, 2.45) is 34.4 Å². The Balaban J connectivity index is 0. The van der Waals surface area contributed by atoms with Crippen molar-refractivity contribution in [1.29, 1.82) is 0 Å². The molecule has 512 valence electrons. The van der Waals surface area contributed by atoms with Crippen molar-refractivity contribution in [2.75, 3.05) is 52.4 Å². The number of carbonyl (C=O) groups is 10. The summed E-state index contributed by atoms with van der Waals surface area (Å²) in [6.45, 7) is 1.10. The standard InChI is InChI=1S/C58H92N16O10.6BrH/c59-27-7-19-39-49(75)67-41(21-9-29-61)53(79)71-45(35-37-15-3-1-4-16-37)57(83)73-33-13-25-47(73)55(81)69-43(23-11-31-63)51(77)66-40(20-8-28-60)50(76)68-42(22-10-30-62)54(80)72-46(36-38-17-5-2-6-18-38)58(84)74-34-14-26-48(74)56(82)70-44(24-12-32-64)52(78)65-39;;;;;;/h1-6,15-18,39-48H,7-14,19-36,59-64H2,(H,65,78)(H,66,77)(H,67,75)(H,68,76)(H,69,81)(H,70,82)(H,71,79)(H,72,80);6*1H/t39-,40-,41-,42-,43-,44-,45+,46+,47-,48-;;;;;;/m0....../s1. The van der Waals surface area contributed by atoms with Crippen LogP contribution in [0.1, 0.15) is 114 Å². The third-order valence-corrected chi connectivity index (χ3v) is 15.5. The van der Waals surface area contributed by atoms with Gasteiger partial charge in [0.2, 0.25) is 59.1 Å². The van der Waals surface area contributed by atoms with Crippen LogP contribution < -0.4 is 76.9 Å². The molecule has 90 heavy (non-hydrogen) atoms. The van der Waals surface area contributed by atoms with Crippen molar-refractivity contribution in [1.82, 2.24) is 52.3 Å². The third-order valence-electron chi connectivity index (χ3n) is 15.5. The van der Waals surface area contributed by atoms with Gasteiger partial charge in [-0.1, -0.05) is 60.7 Å². The number of nitrogens with two attached hydrogens (primary N) is 6. The molecular formula is C58H98Br6N16O10. The van der Waals surface area contributed by atoms with E-state index in [1.165, 1.54) is 9.80 Å². The van der Waals surface area contributed by atoms with Gasteiger partial charge in [-0.05, 0) is 153 Å². The van der Waals surface area contributed by atoms with E-state index < -0.39 is 119 Å². The SMILES string of the molecule is Br.Br.Br.Br.Br.Br.NCCC[C@@H]1NC(=O)[C@H](CCCN)NC(=O)[C@@H]2CCCN2C(=O)[C@@H](Cc2ccccc2)NC(=O)[C@H](CCCN)NC(=O)[C@H](CCCN)NC(=O)[C@H](CCCN)NC(=O)[C@@H]2CCCN2C(=O)[C@@H](Cc2ccccc2)NC(=O)[C@H](CCCN)NC1=O. The fourth-order valence-corrected chi connectivity index (χ4v) is 10.8. The first-order chi connectivity index (χ1) is 40.6. The lowest BCUT2D eigenvalue weighted by molar-refractivity contribution is -0.143. The quantitative estimate of drug-likeness (QED) is 0.0751. The molecule has 3 aliphatic heterocycles. The molecule has 20 N–H and O–H groups in total. The van der Waals surface area contributed by atoms with E-state index in [9.17, 15) is 47.9 Å². The molecule has 5 rings (SSSR count). The lowest BCUT2D eigenvalue weighted by Crippen LogP contribution is -2.61. The smallest absolute Gasteiger partial charge is 0.246 e. The predicted molar refractivity (Wildman–Crippen MR) is 377 cm³/mol. The lowest BCUT2D eigenvalue weighted by atomic mass is 10.0. The Morgan fingerprint density at radius 2 is 0.522 bits per heavy atom. The van der Waals surface area contributed by atoms with Crippen molar-refractivity contribution >= 4 is 161 Å². The molecule has 0 bridgehead atoms. The number of hydrogen-bond donors (Lipinski definition) is 14. The van der Waals surface area contributed by atoms with Crippen LogP contribution in [0, 0.1) is 0 Å². The van der Waals surface area contributed by atoms with Gasteiger partial charge in [0, 0.05) is 25.9 Å². The molecule has 0 unspecified atom stereocenters.